The third-order valence-corrected chi connectivity index (χ3v) is 3.82. The molecule has 0 saturated heterocycles. The highest BCUT2D eigenvalue weighted by molar-refractivity contribution is 5.96. The SMILES string of the molecule is CC(=O)c1ccn2c(-c3ccc(C(=O)O)c(O)c3)cc(C#N)c2c1. The molecule has 0 aliphatic carbocycles. The first-order valence-corrected chi connectivity index (χ1v) is 7.05. The molecule has 3 aromatic rings. The maximum atomic E-state index is 11.5. The minimum absolute atomic E-state index is 0.104. The van der Waals surface area contributed by atoms with Gasteiger partial charge in [-0.05, 0) is 37.3 Å². The van der Waals surface area contributed by atoms with Gasteiger partial charge >= 0.3 is 5.97 Å². The van der Waals surface area contributed by atoms with Gasteiger partial charge in [0.15, 0.2) is 5.78 Å². The monoisotopic (exact) mass is 320 g/mol. The molecule has 0 amide bonds. The Labute approximate surface area is 136 Å². The van der Waals surface area contributed by atoms with E-state index in [0.717, 1.165) is 0 Å². The number of Topliss-reactive ketones (excluding diaryl/α,β-unsaturated/α-hetero) is 1. The van der Waals surface area contributed by atoms with Crippen LogP contribution >= 0.6 is 0 Å². The van der Waals surface area contributed by atoms with Crippen molar-refractivity contribution >= 4 is 17.3 Å². The summed E-state index contributed by atoms with van der Waals surface area (Å²) in [6.07, 6.45) is 1.67. The van der Waals surface area contributed by atoms with Crippen LogP contribution in [0.25, 0.3) is 16.8 Å². The number of ketones is 1. The molecule has 1 aromatic carbocycles. The molecule has 2 aromatic heterocycles. The summed E-state index contributed by atoms with van der Waals surface area (Å²) in [4.78, 5) is 22.5. The molecule has 0 aliphatic heterocycles. The lowest BCUT2D eigenvalue weighted by atomic mass is 10.1. The van der Waals surface area contributed by atoms with Crippen molar-refractivity contribution in [2.75, 3.05) is 0 Å². The molecule has 0 bridgehead atoms. The summed E-state index contributed by atoms with van der Waals surface area (Å²) < 4.78 is 1.72. The minimum Gasteiger partial charge on any atom is -0.507 e. The number of carbonyl (C=O) groups excluding carboxylic acids is 1. The van der Waals surface area contributed by atoms with E-state index < -0.39 is 5.97 Å². The first-order chi connectivity index (χ1) is 11.4. The summed E-state index contributed by atoms with van der Waals surface area (Å²) in [5.74, 6) is -1.68. The fourth-order valence-electron chi connectivity index (χ4n) is 2.60. The van der Waals surface area contributed by atoms with Crippen molar-refractivity contribution in [3.63, 3.8) is 0 Å². The van der Waals surface area contributed by atoms with Crippen molar-refractivity contribution in [1.82, 2.24) is 4.40 Å². The average molecular weight is 320 g/mol. The van der Waals surface area contributed by atoms with Crippen LogP contribution in [0.2, 0.25) is 0 Å². The van der Waals surface area contributed by atoms with E-state index in [1.165, 1.54) is 19.1 Å². The normalized spacial score (nSPS) is 10.5. The lowest BCUT2D eigenvalue weighted by Gasteiger charge is -2.06. The predicted molar refractivity (Wildman–Crippen MR) is 86.2 cm³/mol. The maximum absolute atomic E-state index is 11.5. The molecule has 2 heterocycles. The van der Waals surface area contributed by atoms with Crippen LogP contribution in [0.3, 0.4) is 0 Å². The van der Waals surface area contributed by atoms with Gasteiger partial charge in [-0.15, -0.1) is 0 Å². The van der Waals surface area contributed by atoms with Crippen LogP contribution in [-0.4, -0.2) is 26.4 Å². The van der Waals surface area contributed by atoms with E-state index >= 15 is 0 Å². The Hall–Kier alpha value is -3.59. The standard InChI is InChI=1S/C18H12N2O4/c1-10(21)11-4-5-20-15(7-13(9-19)16(20)6-11)12-2-3-14(18(23)24)17(22)8-12/h2-8,22H,1H3,(H,23,24). The summed E-state index contributed by atoms with van der Waals surface area (Å²) >= 11 is 0. The molecule has 0 unspecified atom stereocenters. The fourth-order valence-corrected chi connectivity index (χ4v) is 2.60. The average Bonchev–Trinajstić information content (AvgIpc) is 2.92. The molecule has 3 rings (SSSR count). The molecule has 0 aliphatic rings. The number of rotatable bonds is 3. The third kappa shape index (κ3) is 2.38. The number of hydrogen-bond acceptors (Lipinski definition) is 4. The molecule has 2 N–H and O–H groups in total. The maximum Gasteiger partial charge on any atom is 0.339 e. The van der Waals surface area contributed by atoms with E-state index in [-0.39, 0.29) is 17.1 Å². The van der Waals surface area contributed by atoms with Gasteiger partial charge in [0.2, 0.25) is 0 Å². The lowest BCUT2D eigenvalue weighted by molar-refractivity contribution is 0.0693. The van der Waals surface area contributed by atoms with Crippen LogP contribution < -0.4 is 0 Å². The van der Waals surface area contributed by atoms with Gasteiger partial charge in [-0.2, -0.15) is 5.26 Å². The molecule has 0 fully saturated rings. The van der Waals surface area contributed by atoms with Gasteiger partial charge in [-0.1, -0.05) is 6.07 Å². The number of fused-ring (bicyclic) bond motifs is 1. The largest absolute Gasteiger partial charge is 0.507 e. The zero-order chi connectivity index (χ0) is 17.4. The second kappa shape index (κ2) is 5.56. The molecular weight excluding hydrogens is 308 g/mol. The third-order valence-electron chi connectivity index (χ3n) is 3.82. The summed E-state index contributed by atoms with van der Waals surface area (Å²) in [6, 6.07) is 11.2. The first kappa shape index (κ1) is 15.3. The lowest BCUT2D eigenvalue weighted by Crippen LogP contribution is -1.97. The van der Waals surface area contributed by atoms with E-state index in [1.807, 2.05) is 0 Å². The molecule has 6 nitrogen and oxygen atoms in total. The summed E-state index contributed by atoms with van der Waals surface area (Å²) in [5.41, 5.74) is 2.43. The number of phenols is 1. The van der Waals surface area contributed by atoms with E-state index in [9.17, 15) is 20.0 Å². The number of aromatic carboxylic acids is 1. The molecule has 24 heavy (non-hydrogen) atoms. The van der Waals surface area contributed by atoms with Gasteiger partial charge in [-0.25, -0.2) is 4.79 Å². The Morgan fingerprint density at radius 2 is 1.92 bits per heavy atom. The highest BCUT2D eigenvalue weighted by atomic mass is 16.4. The van der Waals surface area contributed by atoms with Gasteiger partial charge < -0.3 is 14.6 Å². The highest BCUT2D eigenvalue weighted by Gasteiger charge is 2.15. The van der Waals surface area contributed by atoms with Crippen LogP contribution in [0.5, 0.6) is 5.75 Å². The number of carboxylic acids is 1. The Balaban J connectivity index is 2.24. The Bertz CT molecular complexity index is 1040. The number of benzene rings is 1. The second-order valence-electron chi connectivity index (χ2n) is 5.32. The predicted octanol–water partition coefficient (Wildman–Crippen LogP) is 3.08. The van der Waals surface area contributed by atoms with Crippen LogP contribution in [0, 0.1) is 11.3 Å². The molecule has 118 valence electrons. The zero-order valence-electron chi connectivity index (χ0n) is 12.6. The Morgan fingerprint density at radius 3 is 2.50 bits per heavy atom. The van der Waals surface area contributed by atoms with Gasteiger partial charge in [0.25, 0.3) is 0 Å². The molecule has 0 saturated carbocycles. The van der Waals surface area contributed by atoms with Crippen LogP contribution in [0.15, 0.2) is 42.6 Å². The van der Waals surface area contributed by atoms with Gasteiger partial charge in [-0.3, -0.25) is 4.79 Å². The van der Waals surface area contributed by atoms with E-state index in [2.05, 4.69) is 6.07 Å². The van der Waals surface area contributed by atoms with Crippen molar-refractivity contribution in [2.45, 2.75) is 6.92 Å². The number of nitrogens with zero attached hydrogens (tertiary/aromatic N) is 2. The molecular formula is C18H12N2O4. The van der Waals surface area contributed by atoms with Crippen LogP contribution in [0.4, 0.5) is 0 Å². The zero-order valence-corrected chi connectivity index (χ0v) is 12.6. The van der Waals surface area contributed by atoms with Crippen LogP contribution in [-0.2, 0) is 0 Å². The number of hydrogen-bond donors (Lipinski definition) is 2. The number of pyridine rings is 1. The Kier molecular flexibility index (Phi) is 3.54. The van der Waals surface area contributed by atoms with Crippen molar-refractivity contribution < 1.29 is 19.8 Å². The number of carboxylic acid groups (broad SMARTS) is 1. The van der Waals surface area contributed by atoms with E-state index in [1.54, 1.807) is 34.9 Å². The smallest absolute Gasteiger partial charge is 0.339 e. The fraction of sp³-hybridized carbons (Fsp3) is 0.0556. The summed E-state index contributed by atoms with van der Waals surface area (Å²) in [6.45, 7) is 1.45. The Morgan fingerprint density at radius 1 is 1.17 bits per heavy atom. The number of aromatic nitrogens is 1. The van der Waals surface area contributed by atoms with Crippen molar-refractivity contribution in [3.05, 3.63) is 59.3 Å². The van der Waals surface area contributed by atoms with Gasteiger partial charge in [0.05, 0.1) is 16.8 Å². The molecule has 6 heteroatoms. The van der Waals surface area contributed by atoms with E-state index in [0.29, 0.717) is 27.9 Å². The van der Waals surface area contributed by atoms with Crippen molar-refractivity contribution in [2.24, 2.45) is 0 Å². The van der Waals surface area contributed by atoms with Gasteiger partial charge in [0.1, 0.15) is 17.4 Å². The molecule has 0 spiro atoms. The molecule has 0 atom stereocenters. The number of aromatic hydroxyl groups is 1. The van der Waals surface area contributed by atoms with Crippen molar-refractivity contribution in [1.29, 1.82) is 5.26 Å². The first-order valence-electron chi connectivity index (χ1n) is 7.05. The van der Waals surface area contributed by atoms with Gasteiger partial charge in [0, 0.05) is 17.3 Å². The van der Waals surface area contributed by atoms with Crippen LogP contribution in [0.1, 0.15) is 33.2 Å². The summed E-state index contributed by atoms with van der Waals surface area (Å²) in [7, 11) is 0. The number of carbonyl (C=O) groups is 2. The highest BCUT2D eigenvalue weighted by Crippen LogP contribution is 2.30. The summed E-state index contributed by atoms with van der Waals surface area (Å²) in [5, 5.41) is 28.2. The molecule has 0 radical (unpaired) electrons. The van der Waals surface area contributed by atoms with E-state index in [4.69, 9.17) is 5.11 Å². The van der Waals surface area contributed by atoms with Crippen molar-refractivity contribution in [3.8, 4) is 23.1 Å². The quantitative estimate of drug-likeness (QED) is 0.722. The second-order valence-corrected chi connectivity index (χ2v) is 5.32. The topological polar surface area (TPSA) is 103 Å². The minimum atomic E-state index is -1.22. The number of nitriles is 1.